The van der Waals surface area contributed by atoms with E-state index in [9.17, 15) is 13.2 Å². The van der Waals surface area contributed by atoms with E-state index in [-0.39, 0.29) is 24.0 Å². The average Bonchev–Trinajstić information content (AvgIpc) is 2.54. The molecule has 0 amide bonds. The number of unbranched alkanes of at least 4 members (excludes halogenated alkanes) is 1. The maximum absolute atomic E-state index is 12.6. The molecule has 3 nitrogen and oxygen atoms in total. The van der Waals surface area contributed by atoms with E-state index >= 15 is 0 Å². The number of nitrogens with zero attached hydrogens (tertiary/aromatic N) is 2. The molecule has 0 aromatic heterocycles. The number of hydrogen-bond acceptors (Lipinski definition) is 1. The Balaban J connectivity index is 0.00000576. The Labute approximate surface area is 164 Å². The Morgan fingerprint density at radius 1 is 1.40 bits per heavy atom. The Bertz CT molecular complexity index is 630. The molecule has 138 valence electrons. The fourth-order valence-electron chi connectivity index (χ4n) is 2.01. The van der Waals surface area contributed by atoms with E-state index in [0.717, 1.165) is 31.5 Å². The number of allylic oxidation sites excluding steroid dienone is 1. The van der Waals surface area contributed by atoms with Crippen molar-refractivity contribution >= 4 is 29.9 Å². The highest BCUT2D eigenvalue weighted by molar-refractivity contribution is 14.0. The van der Waals surface area contributed by atoms with Gasteiger partial charge < -0.3 is 10.2 Å². The van der Waals surface area contributed by atoms with Gasteiger partial charge in [0.25, 0.3) is 0 Å². The number of alkyl halides is 3. The van der Waals surface area contributed by atoms with Crippen LogP contribution in [0.4, 0.5) is 13.2 Å². The van der Waals surface area contributed by atoms with Crippen molar-refractivity contribution in [1.29, 1.82) is 0 Å². The molecule has 0 bridgehead atoms. The van der Waals surface area contributed by atoms with Gasteiger partial charge in [0.1, 0.15) is 0 Å². The largest absolute Gasteiger partial charge is 0.416 e. The molecule has 0 radical (unpaired) electrons. The van der Waals surface area contributed by atoms with Crippen LogP contribution in [-0.4, -0.2) is 38.0 Å². The molecule has 0 aliphatic rings. The van der Waals surface area contributed by atoms with Crippen molar-refractivity contribution in [1.82, 2.24) is 10.2 Å². The number of aliphatic imine (C=N–C) groups is 1. The summed E-state index contributed by atoms with van der Waals surface area (Å²) in [6.07, 6.45) is -0.593. The van der Waals surface area contributed by atoms with Crippen LogP contribution in [-0.2, 0) is 6.18 Å². The predicted molar refractivity (Wildman–Crippen MR) is 107 cm³/mol. The third-order valence-corrected chi connectivity index (χ3v) is 3.23. The standard InChI is InChI=1S/C18H22F3N3.HI/c1-4-5-6-13-24(3)17(22-2)23-12-8-10-15-9-7-11-16(14-15)18(19,20)21;/h4,7,9,11,14H,1,5-6,12-13H2,2-3H3,(H,22,23);1H. The van der Waals surface area contributed by atoms with Crippen LogP contribution in [0.3, 0.4) is 0 Å². The lowest BCUT2D eigenvalue weighted by molar-refractivity contribution is -0.137. The molecule has 7 heteroatoms. The zero-order chi connectivity index (χ0) is 18.0. The highest BCUT2D eigenvalue weighted by Crippen LogP contribution is 2.29. The van der Waals surface area contributed by atoms with E-state index in [1.807, 2.05) is 18.0 Å². The second kappa shape index (κ2) is 11.8. The van der Waals surface area contributed by atoms with Gasteiger partial charge in [-0.3, -0.25) is 4.99 Å². The van der Waals surface area contributed by atoms with Crippen LogP contribution in [0.2, 0.25) is 0 Å². The van der Waals surface area contributed by atoms with Gasteiger partial charge in [-0.2, -0.15) is 13.2 Å². The van der Waals surface area contributed by atoms with E-state index in [4.69, 9.17) is 0 Å². The minimum Gasteiger partial charge on any atom is -0.346 e. The van der Waals surface area contributed by atoms with Crippen molar-refractivity contribution in [3.05, 3.63) is 48.0 Å². The van der Waals surface area contributed by atoms with Gasteiger partial charge in [-0.1, -0.05) is 24.0 Å². The van der Waals surface area contributed by atoms with Gasteiger partial charge in [-0.15, -0.1) is 30.6 Å². The first-order valence-corrected chi connectivity index (χ1v) is 7.57. The number of halogens is 4. The summed E-state index contributed by atoms with van der Waals surface area (Å²) in [5, 5.41) is 3.07. The number of guanidine groups is 1. The third-order valence-electron chi connectivity index (χ3n) is 3.23. The first kappa shape index (κ1) is 23.3. The predicted octanol–water partition coefficient (Wildman–Crippen LogP) is 4.15. The Morgan fingerprint density at radius 2 is 2.12 bits per heavy atom. The van der Waals surface area contributed by atoms with E-state index in [1.165, 1.54) is 6.07 Å². The molecular formula is C18H23F3IN3. The summed E-state index contributed by atoms with van der Waals surface area (Å²) in [6.45, 7) is 4.81. The van der Waals surface area contributed by atoms with E-state index in [0.29, 0.717) is 18.1 Å². The summed E-state index contributed by atoms with van der Waals surface area (Å²) in [7, 11) is 3.59. The quantitative estimate of drug-likeness (QED) is 0.177. The molecule has 0 spiro atoms. The molecule has 1 rings (SSSR count). The first-order valence-electron chi connectivity index (χ1n) is 7.57. The van der Waals surface area contributed by atoms with Crippen LogP contribution < -0.4 is 5.32 Å². The van der Waals surface area contributed by atoms with Crippen molar-refractivity contribution in [2.45, 2.75) is 19.0 Å². The first-order chi connectivity index (χ1) is 11.4. The van der Waals surface area contributed by atoms with Crippen LogP contribution in [0.25, 0.3) is 0 Å². The molecule has 1 aromatic carbocycles. The molecule has 1 aromatic rings. The smallest absolute Gasteiger partial charge is 0.346 e. The molecule has 0 aliphatic heterocycles. The molecule has 0 saturated heterocycles. The molecule has 0 saturated carbocycles. The third kappa shape index (κ3) is 8.82. The summed E-state index contributed by atoms with van der Waals surface area (Å²) in [5.74, 6) is 6.24. The van der Waals surface area contributed by atoms with Crippen LogP contribution in [0, 0.1) is 11.8 Å². The van der Waals surface area contributed by atoms with E-state index < -0.39 is 11.7 Å². The topological polar surface area (TPSA) is 27.6 Å². The second-order valence-corrected chi connectivity index (χ2v) is 5.13. The normalized spacial score (nSPS) is 11.0. The summed E-state index contributed by atoms with van der Waals surface area (Å²) in [6, 6.07) is 4.98. The van der Waals surface area contributed by atoms with E-state index in [2.05, 4.69) is 28.7 Å². The van der Waals surface area contributed by atoms with Crippen molar-refractivity contribution in [2.75, 3.05) is 27.2 Å². The van der Waals surface area contributed by atoms with Crippen LogP contribution in [0.5, 0.6) is 0 Å². The summed E-state index contributed by atoms with van der Waals surface area (Å²) < 4.78 is 37.9. The molecule has 0 heterocycles. The molecule has 0 atom stereocenters. The van der Waals surface area contributed by atoms with Gasteiger partial charge in [0.2, 0.25) is 0 Å². The Morgan fingerprint density at radius 3 is 2.72 bits per heavy atom. The lowest BCUT2D eigenvalue weighted by Gasteiger charge is -2.20. The zero-order valence-corrected chi connectivity index (χ0v) is 16.7. The van der Waals surface area contributed by atoms with Crippen LogP contribution in [0.1, 0.15) is 24.0 Å². The van der Waals surface area contributed by atoms with Gasteiger partial charge in [-0.25, -0.2) is 0 Å². The average molecular weight is 465 g/mol. The zero-order valence-electron chi connectivity index (χ0n) is 14.4. The van der Waals surface area contributed by atoms with Crippen LogP contribution >= 0.6 is 24.0 Å². The summed E-state index contributed by atoms with van der Waals surface area (Å²) >= 11 is 0. The van der Waals surface area contributed by atoms with Crippen molar-refractivity contribution in [2.24, 2.45) is 4.99 Å². The Hall–Kier alpha value is -1.69. The van der Waals surface area contributed by atoms with Crippen molar-refractivity contribution in [3.63, 3.8) is 0 Å². The molecule has 0 fully saturated rings. The minimum absolute atomic E-state index is 0. The Kier molecular flexibility index (Phi) is 11.0. The lowest BCUT2D eigenvalue weighted by atomic mass is 10.1. The van der Waals surface area contributed by atoms with Gasteiger partial charge in [0, 0.05) is 26.2 Å². The number of nitrogens with one attached hydrogen (secondary N) is 1. The van der Waals surface area contributed by atoms with Crippen molar-refractivity contribution in [3.8, 4) is 11.8 Å². The van der Waals surface area contributed by atoms with Crippen LogP contribution in [0.15, 0.2) is 41.9 Å². The van der Waals surface area contributed by atoms with Gasteiger partial charge in [0.15, 0.2) is 5.96 Å². The molecule has 0 unspecified atom stereocenters. The van der Waals surface area contributed by atoms with E-state index in [1.54, 1.807) is 13.1 Å². The molecular weight excluding hydrogens is 442 g/mol. The summed E-state index contributed by atoms with van der Waals surface area (Å²) in [4.78, 5) is 6.11. The number of hydrogen-bond donors (Lipinski definition) is 1. The minimum atomic E-state index is -4.36. The lowest BCUT2D eigenvalue weighted by Crippen LogP contribution is -2.39. The molecule has 1 N–H and O–H groups in total. The highest BCUT2D eigenvalue weighted by Gasteiger charge is 2.30. The SMILES string of the molecule is C=CCCCN(C)C(=NC)NCC#Cc1cccc(C(F)(F)F)c1.I. The monoisotopic (exact) mass is 465 g/mol. The summed E-state index contributed by atoms with van der Waals surface area (Å²) in [5.41, 5.74) is -0.360. The molecule has 25 heavy (non-hydrogen) atoms. The van der Waals surface area contributed by atoms with Gasteiger partial charge >= 0.3 is 6.18 Å². The van der Waals surface area contributed by atoms with Gasteiger partial charge in [-0.05, 0) is 31.0 Å². The number of rotatable bonds is 5. The van der Waals surface area contributed by atoms with Crippen molar-refractivity contribution < 1.29 is 13.2 Å². The fourth-order valence-corrected chi connectivity index (χ4v) is 2.01. The molecule has 0 aliphatic carbocycles. The highest BCUT2D eigenvalue weighted by atomic mass is 127. The number of benzene rings is 1. The maximum Gasteiger partial charge on any atom is 0.416 e. The maximum atomic E-state index is 12.6. The fraction of sp³-hybridized carbons (Fsp3) is 0.389. The second-order valence-electron chi connectivity index (χ2n) is 5.13. The van der Waals surface area contributed by atoms with Gasteiger partial charge in [0.05, 0.1) is 12.1 Å².